The van der Waals surface area contributed by atoms with Crippen molar-refractivity contribution in [1.82, 2.24) is 0 Å². The second-order valence-electron chi connectivity index (χ2n) is 3.94. The van der Waals surface area contributed by atoms with E-state index in [-0.39, 0.29) is 5.97 Å². The highest BCUT2D eigenvalue weighted by Gasteiger charge is 2.08. The van der Waals surface area contributed by atoms with Crippen LogP contribution in [0.3, 0.4) is 0 Å². The zero-order chi connectivity index (χ0) is 13.7. The molecule has 2 N–H and O–H groups in total. The molecule has 0 amide bonds. The van der Waals surface area contributed by atoms with Gasteiger partial charge in [-0.2, -0.15) is 5.10 Å². The number of methoxy groups -OCH3 is 1. The van der Waals surface area contributed by atoms with Gasteiger partial charge in [-0.3, -0.25) is 0 Å². The van der Waals surface area contributed by atoms with Gasteiger partial charge in [-0.05, 0) is 23.3 Å². The quantitative estimate of drug-likeness (QED) is 0.396. The van der Waals surface area contributed by atoms with Gasteiger partial charge in [-0.25, -0.2) is 4.79 Å². The molecule has 4 heteroatoms. The van der Waals surface area contributed by atoms with Crippen LogP contribution in [0.25, 0.3) is 11.1 Å². The van der Waals surface area contributed by atoms with Crippen molar-refractivity contribution in [3.8, 4) is 11.1 Å². The molecule has 0 bridgehead atoms. The Morgan fingerprint density at radius 2 is 2.00 bits per heavy atom. The fraction of sp³-hybridized carbons (Fsp3) is 0.0667. The molecule has 0 aliphatic rings. The van der Waals surface area contributed by atoms with Crippen LogP contribution >= 0.6 is 0 Å². The van der Waals surface area contributed by atoms with Crippen LogP contribution in [0.1, 0.15) is 15.9 Å². The molecule has 0 atom stereocenters. The van der Waals surface area contributed by atoms with Crippen LogP contribution in [0, 0.1) is 0 Å². The minimum absolute atomic E-state index is 0.355. The molecule has 2 rings (SSSR count). The average molecular weight is 254 g/mol. The Morgan fingerprint density at radius 1 is 1.21 bits per heavy atom. The first-order valence-corrected chi connectivity index (χ1v) is 5.77. The van der Waals surface area contributed by atoms with Gasteiger partial charge in [0, 0.05) is 5.56 Å². The van der Waals surface area contributed by atoms with Gasteiger partial charge in [0.2, 0.25) is 0 Å². The molecule has 2 aromatic carbocycles. The molecule has 0 aliphatic heterocycles. The summed E-state index contributed by atoms with van der Waals surface area (Å²) in [7, 11) is 1.37. The Bertz CT molecular complexity index is 621. The normalized spacial score (nSPS) is 10.6. The van der Waals surface area contributed by atoms with Crippen molar-refractivity contribution < 1.29 is 9.53 Å². The van der Waals surface area contributed by atoms with Gasteiger partial charge in [0.1, 0.15) is 0 Å². The Labute approximate surface area is 111 Å². The van der Waals surface area contributed by atoms with Crippen molar-refractivity contribution in [2.75, 3.05) is 7.11 Å². The van der Waals surface area contributed by atoms with Crippen LogP contribution in [-0.4, -0.2) is 19.3 Å². The number of hydrogen-bond donors (Lipinski definition) is 1. The molecule has 0 unspecified atom stereocenters. The second kappa shape index (κ2) is 5.82. The van der Waals surface area contributed by atoms with E-state index in [1.165, 1.54) is 7.11 Å². The van der Waals surface area contributed by atoms with E-state index in [9.17, 15) is 4.79 Å². The molecule has 0 aromatic heterocycles. The standard InChI is InChI=1S/C15H14N2O2/c1-19-15(18)12-7-4-6-11(9-12)14-8-3-2-5-13(14)10-17-16/h2-10H,16H2,1H3. The molecule has 0 heterocycles. The van der Waals surface area contributed by atoms with Gasteiger partial charge in [0.25, 0.3) is 0 Å². The van der Waals surface area contributed by atoms with Crippen LogP contribution < -0.4 is 5.84 Å². The zero-order valence-electron chi connectivity index (χ0n) is 10.5. The van der Waals surface area contributed by atoms with E-state index in [2.05, 4.69) is 5.10 Å². The number of benzene rings is 2. The largest absolute Gasteiger partial charge is 0.465 e. The molecule has 4 nitrogen and oxygen atoms in total. The molecular weight excluding hydrogens is 240 g/mol. The monoisotopic (exact) mass is 254 g/mol. The van der Waals surface area contributed by atoms with Crippen molar-refractivity contribution in [3.05, 3.63) is 59.7 Å². The second-order valence-corrected chi connectivity index (χ2v) is 3.94. The summed E-state index contributed by atoms with van der Waals surface area (Å²) in [4.78, 5) is 11.5. The Hall–Kier alpha value is -2.62. The van der Waals surface area contributed by atoms with Crippen LogP contribution in [0.4, 0.5) is 0 Å². The average Bonchev–Trinajstić information content (AvgIpc) is 2.47. The van der Waals surface area contributed by atoms with Gasteiger partial charge in [0.15, 0.2) is 0 Å². The molecule has 0 spiro atoms. The molecule has 0 radical (unpaired) electrons. The van der Waals surface area contributed by atoms with Crippen LogP contribution in [0.15, 0.2) is 53.6 Å². The topological polar surface area (TPSA) is 64.7 Å². The summed E-state index contributed by atoms with van der Waals surface area (Å²) in [5, 5.41) is 3.55. The first-order chi connectivity index (χ1) is 9.26. The molecule has 0 saturated heterocycles. The lowest BCUT2D eigenvalue weighted by molar-refractivity contribution is 0.0601. The van der Waals surface area contributed by atoms with Crippen molar-refractivity contribution >= 4 is 12.2 Å². The minimum atomic E-state index is -0.355. The van der Waals surface area contributed by atoms with Crippen LogP contribution in [-0.2, 0) is 4.74 Å². The predicted molar refractivity (Wildman–Crippen MR) is 75.0 cm³/mol. The Kier molecular flexibility index (Phi) is 3.93. The summed E-state index contributed by atoms with van der Waals surface area (Å²) in [6.45, 7) is 0. The van der Waals surface area contributed by atoms with Crippen molar-refractivity contribution in [2.45, 2.75) is 0 Å². The smallest absolute Gasteiger partial charge is 0.337 e. The lowest BCUT2D eigenvalue weighted by atomic mass is 9.98. The lowest BCUT2D eigenvalue weighted by Crippen LogP contribution is -2.01. The van der Waals surface area contributed by atoms with Crippen LogP contribution in [0.5, 0.6) is 0 Å². The van der Waals surface area contributed by atoms with Crippen LogP contribution in [0.2, 0.25) is 0 Å². The van der Waals surface area contributed by atoms with Crippen molar-refractivity contribution in [1.29, 1.82) is 0 Å². The Morgan fingerprint density at radius 3 is 2.74 bits per heavy atom. The van der Waals surface area contributed by atoms with E-state index in [1.807, 2.05) is 36.4 Å². The highest BCUT2D eigenvalue weighted by atomic mass is 16.5. The number of hydrogen-bond acceptors (Lipinski definition) is 4. The predicted octanol–water partition coefficient (Wildman–Crippen LogP) is 2.43. The third kappa shape index (κ3) is 2.80. The van der Waals surface area contributed by atoms with E-state index in [4.69, 9.17) is 10.6 Å². The summed E-state index contributed by atoms with van der Waals surface area (Å²) in [6, 6.07) is 14.9. The first-order valence-electron chi connectivity index (χ1n) is 5.77. The molecule has 0 fully saturated rings. The summed E-state index contributed by atoms with van der Waals surface area (Å²) >= 11 is 0. The van der Waals surface area contributed by atoms with E-state index in [0.29, 0.717) is 5.56 Å². The fourth-order valence-electron chi connectivity index (χ4n) is 1.88. The molecule has 2 aromatic rings. The van der Waals surface area contributed by atoms with E-state index in [0.717, 1.165) is 16.7 Å². The number of carbonyl (C=O) groups excluding carboxylic acids is 1. The molecule has 0 aliphatic carbocycles. The van der Waals surface area contributed by atoms with Gasteiger partial charge in [0.05, 0.1) is 18.9 Å². The summed E-state index contributed by atoms with van der Waals surface area (Å²) in [5.41, 5.74) is 3.28. The lowest BCUT2D eigenvalue weighted by Gasteiger charge is -2.07. The van der Waals surface area contributed by atoms with Gasteiger partial charge in [-0.15, -0.1) is 0 Å². The number of hydrazone groups is 1. The van der Waals surface area contributed by atoms with Crippen molar-refractivity contribution in [2.24, 2.45) is 10.9 Å². The van der Waals surface area contributed by atoms with Gasteiger partial charge >= 0.3 is 5.97 Å². The van der Waals surface area contributed by atoms with Crippen molar-refractivity contribution in [3.63, 3.8) is 0 Å². The van der Waals surface area contributed by atoms with E-state index < -0.39 is 0 Å². The molecule has 0 saturated carbocycles. The van der Waals surface area contributed by atoms with Gasteiger partial charge in [-0.1, -0.05) is 36.4 Å². The zero-order valence-corrected chi connectivity index (χ0v) is 10.5. The third-order valence-corrected chi connectivity index (χ3v) is 2.77. The number of nitrogens with zero attached hydrogens (tertiary/aromatic N) is 1. The number of ether oxygens (including phenoxy) is 1. The number of carbonyl (C=O) groups is 1. The summed E-state index contributed by atoms with van der Waals surface area (Å²) in [5.74, 6) is 4.85. The third-order valence-electron chi connectivity index (χ3n) is 2.77. The fourth-order valence-corrected chi connectivity index (χ4v) is 1.88. The maximum atomic E-state index is 11.5. The maximum absolute atomic E-state index is 11.5. The summed E-state index contributed by atoms with van der Waals surface area (Å²) in [6.07, 6.45) is 1.58. The molecule has 19 heavy (non-hydrogen) atoms. The Balaban J connectivity index is 2.50. The van der Waals surface area contributed by atoms with E-state index >= 15 is 0 Å². The van der Waals surface area contributed by atoms with Gasteiger partial charge < -0.3 is 10.6 Å². The number of rotatable bonds is 3. The number of esters is 1. The van der Waals surface area contributed by atoms with E-state index in [1.54, 1.807) is 18.3 Å². The summed E-state index contributed by atoms with van der Waals surface area (Å²) < 4.78 is 4.72. The minimum Gasteiger partial charge on any atom is -0.465 e. The SMILES string of the molecule is COC(=O)c1cccc(-c2ccccc2C=NN)c1. The highest BCUT2D eigenvalue weighted by Crippen LogP contribution is 2.23. The molecular formula is C15H14N2O2. The maximum Gasteiger partial charge on any atom is 0.337 e. The first kappa shape index (κ1) is 12.8. The number of nitrogens with two attached hydrogens (primary N) is 1. The highest BCUT2D eigenvalue weighted by molar-refractivity contribution is 5.94. The molecule has 96 valence electrons.